The topological polar surface area (TPSA) is 58.6 Å². The molecule has 0 saturated heterocycles. The van der Waals surface area contributed by atoms with Crippen LogP contribution in [0.3, 0.4) is 0 Å². The van der Waals surface area contributed by atoms with E-state index in [9.17, 15) is 4.79 Å². The minimum absolute atomic E-state index is 0.495. The molecule has 0 fully saturated rings. The van der Waals surface area contributed by atoms with Crippen LogP contribution in [0.15, 0.2) is 16.6 Å². The number of hydrogen-bond donors (Lipinski definition) is 2. The second kappa shape index (κ2) is 5.06. The molecule has 1 unspecified atom stereocenters. The molecule has 92 valence electrons. The number of benzene rings is 1. The summed E-state index contributed by atoms with van der Waals surface area (Å²) in [4.78, 5) is 10.7. The Balaban J connectivity index is 2.13. The van der Waals surface area contributed by atoms with E-state index < -0.39 is 12.0 Å². The Morgan fingerprint density at radius 3 is 3.12 bits per heavy atom. The van der Waals surface area contributed by atoms with Gasteiger partial charge in [-0.05, 0) is 24.6 Å². The Bertz CT molecular complexity index is 448. The summed E-state index contributed by atoms with van der Waals surface area (Å²) in [6.07, 6.45) is 0.913. The van der Waals surface area contributed by atoms with E-state index >= 15 is 0 Å². The van der Waals surface area contributed by atoms with Gasteiger partial charge in [-0.25, -0.2) is 0 Å². The molecule has 0 amide bonds. The number of ether oxygens (including phenoxy) is 1. The Morgan fingerprint density at radius 1 is 1.65 bits per heavy atom. The van der Waals surface area contributed by atoms with Crippen LogP contribution in [0.5, 0.6) is 5.75 Å². The van der Waals surface area contributed by atoms with Crippen LogP contribution < -0.4 is 10.1 Å². The third kappa shape index (κ3) is 2.79. The highest BCUT2D eigenvalue weighted by Crippen LogP contribution is 2.32. The lowest BCUT2D eigenvalue weighted by atomic mass is 10.1. The van der Waals surface area contributed by atoms with Gasteiger partial charge in [-0.2, -0.15) is 0 Å². The summed E-state index contributed by atoms with van der Waals surface area (Å²) in [7, 11) is 0. The number of carboxylic acids is 1. The van der Waals surface area contributed by atoms with Gasteiger partial charge < -0.3 is 15.2 Å². The van der Waals surface area contributed by atoms with Crippen molar-refractivity contribution in [2.45, 2.75) is 25.9 Å². The number of aliphatic carboxylic acids is 1. The molecule has 0 spiro atoms. The van der Waals surface area contributed by atoms with Crippen molar-refractivity contribution in [3.8, 4) is 5.75 Å². The molecule has 1 aliphatic rings. The minimum Gasteiger partial charge on any atom is -0.493 e. The molecular weight excluding hydrogens is 286 g/mol. The van der Waals surface area contributed by atoms with Gasteiger partial charge in [-0.3, -0.25) is 4.79 Å². The van der Waals surface area contributed by atoms with Crippen LogP contribution in [0.4, 0.5) is 0 Å². The lowest BCUT2D eigenvalue weighted by Crippen LogP contribution is -2.33. The summed E-state index contributed by atoms with van der Waals surface area (Å²) in [5.74, 6) is 0.0517. The van der Waals surface area contributed by atoms with Gasteiger partial charge >= 0.3 is 5.97 Å². The standard InChI is InChI=1S/C12H14BrNO3/c1-7(12(15)16)14-6-9-5-10(13)4-8-2-3-17-11(8)9/h4-5,7,14H,2-3,6H2,1H3,(H,15,16). The molecule has 4 nitrogen and oxygen atoms in total. The van der Waals surface area contributed by atoms with E-state index in [1.807, 2.05) is 12.1 Å². The van der Waals surface area contributed by atoms with Gasteiger partial charge in [0.15, 0.2) is 0 Å². The first-order chi connectivity index (χ1) is 8.08. The molecule has 0 aliphatic carbocycles. The first kappa shape index (κ1) is 12.4. The number of carbonyl (C=O) groups is 1. The highest BCUT2D eigenvalue weighted by molar-refractivity contribution is 9.10. The molecule has 1 aliphatic heterocycles. The molecule has 1 heterocycles. The molecule has 5 heteroatoms. The quantitative estimate of drug-likeness (QED) is 0.892. The second-order valence-corrected chi connectivity index (χ2v) is 5.01. The number of halogens is 1. The van der Waals surface area contributed by atoms with Crippen LogP contribution in [0.2, 0.25) is 0 Å². The fourth-order valence-electron chi connectivity index (χ4n) is 1.83. The van der Waals surface area contributed by atoms with E-state index in [1.165, 1.54) is 5.56 Å². The molecule has 1 aromatic rings. The molecule has 1 atom stereocenters. The number of fused-ring (bicyclic) bond motifs is 1. The van der Waals surface area contributed by atoms with Crippen molar-refractivity contribution in [1.29, 1.82) is 0 Å². The lowest BCUT2D eigenvalue weighted by Gasteiger charge is -2.12. The van der Waals surface area contributed by atoms with Gasteiger partial charge in [0.25, 0.3) is 0 Å². The maximum Gasteiger partial charge on any atom is 0.320 e. The highest BCUT2D eigenvalue weighted by Gasteiger charge is 2.18. The summed E-state index contributed by atoms with van der Waals surface area (Å²) < 4.78 is 6.57. The lowest BCUT2D eigenvalue weighted by molar-refractivity contribution is -0.139. The Hall–Kier alpha value is -1.07. The maximum atomic E-state index is 10.7. The molecule has 2 rings (SSSR count). The fourth-order valence-corrected chi connectivity index (χ4v) is 2.38. The molecule has 2 N–H and O–H groups in total. The molecule has 1 aromatic carbocycles. The van der Waals surface area contributed by atoms with E-state index in [1.54, 1.807) is 6.92 Å². The minimum atomic E-state index is -0.849. The Morgan fingerprint density at radius 2 is 2.41 bits per heavy atom. The van der Waals surface area contributed by atoms with E-state index in [2.05, 4.69) is 21.2 Å². The molecule has 0 aromatic heterocycles. The zero-order chi connectivity index (χ0) is 12.4. The highest BCUT2D eigenvalue weighted by atomic mass is 79.9. The number of hydrogen-bond acceptors (Lipinski definition) is 3. The summed E-state index contributed by atoms with van der Waals surface area (Å²) in [6.45, 7) is 2.82. The molecule has 0 saturated carbocycles. The SMILES string of the molecule is CC(NCc1cc(Br)cc2c1OCC2)C(=O)O. The largest absolute Gasteiger partial charge is 0.493 e. The van der Waals surface area contributed by atoms with Gasteiger partial charge in [0.05, 0.1) is 6.61 Å². The second-order valence-electron chi connectivity index (χ2n) is 4.09. The van der Waals surface area contributed by atoms with Crippen molar-refractivity contribution in [2.75, 3.05) is 6.61 Å². The van der Waals surface area contributed by atoms with E-state index in [0.29, 0.717) is 13.2 Å². The van der Waals surface area contributed by atoms with E-state index in [4.69, 9.17) is 9.84 Å². The zero-order valence-electron chi connectivity index (χ0n) is 9.50. The van der Waals surface area contributed by atoms with Crippen LogP contribution >= 0.6 is 15.9 Å². The van der Waals surface area contributed by atoms with Crippen molar-refractivity contribution in [3.63, 3.8) is 0 Å². The molecule has 0 bridgehead atoms. The molecular formula is C12H14BrNO3. The maximum absolute atomic E-state index is 10.7. The Kier molecular flexibility index (Phi) is 3.69. The summed E-state index contributed by atoms with van der Waals surface area (Å²) in [5.41, 5.74) is 2.18. The van der Waals surface area contributed by atoms with Crippen LogP contribution in [0.25, 0.3) is 0 Å². The average molecular weight is 300 g/mol. The van der Waals surface area contributed by atoms with Crippen molar-refractivity contribution >= 4 is 21.9 Å². The normalized spacial score (nSPS) is 15.2. The third-order valence-corrected chi connectivity index (χ3v) is 3.25. The average Bonchev–Trinajstić information content (AvgIpc) is 2.72. The van der Waals surface area contributed by atoms with Crippen molar-refractivity contribution in [1.82, 2.24) is 5.32 Å². The van der Waals surface area contributed by atoms with Crippen LogP contribution in [0.1, 0.15) is 18.1 Å². The molecule has 0 radical (unpaired) electrons. The smallest absolute Gasteiger partial charge is 0.320 e. The van der Waals surface area contributed by atoms with Crippen molar-refractivity contribution in [2.24, 2.45) is 0 Å². The van der Waals surface area contributed by atoms with Crippen LogP contribution in [0, 0.1) is 0 Å². The first-order valence-corrected chi connectivity index (χ1v) is 6.27. The van der Waals surface area contributed by atoms with Gasteiger partial charge in [-0.15, -0.1) is 0 Å². The van der Waals surface area contributed by atoms with Crippen LogP contribution in [-0.4, -0.2) is 23.7 Å². The van der Waals surface area contributed by atoms with Gasteiger partial charge in [0.1, 0.15) is 11.8 Å². The predicted molar refractivity (Wildman–Crippen MR) is 67.3 cm³/mol. The summed E-state index contributed by atoms with van der Waals surface area (Å²) in [6, 6.07) is 3.45. The number of carboxylic acid groups (broad SMARTS) is 1. The fraction of sp³-hybridized carbons (Fsp3) is 0.417. The number of rotatable bonds is 4. The number of nitrogens with one attached hydrogen (secondary N) is 1. The van der Waals surface area contributed by atoms with Gasteiger partial charge in [0.2, 0.25) is 0 Å². The predicted octanol–water partition coefficient (Wildman–Crippen LogP) is 1.95. The van der Waals surface area contributed by atoms with Crippen molar-refractivity contribution < 1.29 is 14.6 Å². The monoisotopic (exact) mass is 299 g/mol. The van der Waals surface area contributed by atoms with E-state index in [-0.39, 0.29) is 0 Å². The van der Waals surface area contributed by atoms with Crippen LogP contribution in [-0.2, 0) is 17.8 Å². The summed E-state index contributed by atoms with van der Waals surface area (Å²) in [5, 5.41) is 11.8. The Labute approximate surface area is 108 Å². The van der Waals surface area contributed by atoms with E-state index in [0.717, 1.165) is 22.2 Å². The first-order valence-electron chi connectivity index (χ1n) is 5.48. The summed E-state index contributed by atoms with van der Waals surface area (Å²) >= 11 is 3.45. The van der Waals surface area contributed by atoms with Gasteiger partial charge in [-0.1, -0.05) is 15.9 Å². The van der Waals surface area contributed by atoms with Gasteiger partial charge in [0, 0.05) is 23.0 Å². The molecule has 17 heavy (non-hydrogen) atoms. The third-order valence-electron chi connectivity index (χ3n) is 2.79. The zero-order valence-corrected chi connectivity index (χ0v) is 11.1. The van der Waals surface area contributed by atoms with Crippen molar-refractivity contribution in [3.05, 3.63) is 27.7 Å².